The van der Waals surface area contributed by atoms with Crippen molar-refractivity contribution >= 4 is 39.2 Å². The van der Waals surface area contributed by atoms with Crippen LogP contribution < -0.4 is 16.0 Å². The summed E-state index contributed by atoms with van der Waals surface area (Å²) in [6, 6.07) is 5.56. The monoisotopic (exact) mass is 433 g/mol. The van der Waals surface area contributed by atoms with E-state index in [2.05, 4.69) is 62.6 Å². The van der Waals surface area contributed by atoms with Gasteiger partial charge in [-0.15, -0.1) is 0 Å². The molecule has 0 aliphatic carbocycles. The number of rotatable bonds is 6. The van der Waals surface area contributed by atoms with Gasteiger partial charge in [0.1, 0.15) is 16.1 Å². The number of carbonyl (C=O) groups is 1. The smallest absolute Gasteiger partial charge is 0.251 e. The molecule has 2 aromatic rings. The zero-order chi connectivity index (χ0) is 20.2. The molecule has 0 aliphatic heterocycles. The number of anilines is 3. The SMILES string of the molecule is CCc1nc(NCC(C)(C)C)c(Br)c(Nc2cc(C(=O)NC)ccc2C)n1. The van der Waals surface area contributed by atoms with Gasteiger partial charge in [0, 0.05) is 31.3 Å². The average Bonchev–Trinajstić information content (AvgIpc) is 2.62. The molecule has 1 heterocycles. The fourth-order valence-electron chi connectivity index (χ4n) is 2.37. The minimum Gasteiger partial charge on any atom is -0.368 e. The lowest BCUT2D eigenvalue weighted by atomic mass is 9.97. The fraction of sp³-hybridized carbons (Fsp3) is 0.450. The van der Waals surface area contributed by atoms with Crippen LogP contribution in [-0.4, -0.2) is 29.5 Å². The maximum Gasteiger partial charge on any atom is 0.251 e. The molecule has 0 saturated heterocycles. The summed E-state index contributed by atoms with van der Waals surface area (Å²) < 4.78 is 0.772. The number of aryl methyl sites for hydroxylation is 2. The molecule has 0 fully saturated rings. The highest BCUT2D eigenvalue weighted by atomic mass is 79.9. The van der Waals surface area contributed by atoms with Crippen LogP contribution in [0.15, 0.2) is 22.7 Å². The van der Waals surface area contributed by atoms with E-state index in [-0.39, 0.29) is 11.3 Å². The summed E-state index contributed by atoms with van der Waals surface area (Å²) in [5.74, 6) is 2.06. The molecule has 1 amide bonds. The summed E-state index contributed by atoms with van der Waals surface area (Å²) in [6.07, 6.45) is 0.726. The van der Waals surface area contributed by atoms with E-state index in [1.165, 1.54) is 0 Å². The molecule has 0 unspecified atom stereocenters. The first kappa shape index (κ1) is 21.2. The Hall–Kier alpha value is -2.15. The highest BCUT2D eigenvalue weighted by Gasteiger charge is 2.16. The summed E-state index contributed by atoms with van der Waals surface area (Å²) in [4.78, 5) is 21.2. The van der Waals surface area contributed by atoms with Gasteiger partial charge in [-0.1, -0.05) is 33.8 Å². The number of nitrogens with one attached hydrogen (secondary N) is 3. The third-order valence-electron chi connectivity index (χ3n) is 3.98. The molecule has 0 atom stereocenters. The number of benzene rings is 1. The van der Waals surface area contributed by atoms with E-state index >= 15 is 0 Å². The minimum absolute atomic E-state index is 0.124. The predicted molar refractivity (Wildman–Crippen MR) is 115 cm³/mol. The molecule has 2 rings (SSSR count). The van der Waals surface area contributed by atoms with Crippen LogP contribution in [0.1, 0.15) is 49.4 Å². The molecular weight excluding hydrogens is 406 g/mol. The molecule has 146 valence electrons. The first-order valence-corrected chi connectivity index (χ1v) is 9.84. The van der Waals surface area contributed by atoms with Crippen LogP contribution in [0.3, 0.4) is 0 Å². The number of halogens is 1. The van der Waals surface area contributed by atoms with Gasteiger partial charge < -0.3 is 16.0 Å². The molecule has 0 spiro atoms. The maximum atomic E-state index is 11.9. The Labute approximate surface area is 169 Å². The molecular formula is C20H28BrN5O. The lowest BCUT2D eigenvalue weighted by Gasteiger charge is -2.21. The van der Waals surface area contributed by atoms with Crippen LogP contribution in [0.2, 0.25) is 0 Å². The molecule has 27 heavy (non-hydrogen) atoms. The van der Waals surface area contributed by atoms with Crippen LogP contribution in [0.25, 0.3) is 0 Å². The van der Waals surface area contributed by atoms with E-state index in [0.717, 1.165) is 40.3 Å². The molecule has 0 aliphatic rings. The predicted octanol–water partition coefficient (Wildman–Crippen LogP) is 4.67. The number of hydrogen-bond acceptors (Lipinski definition) is 5. The Kier molecular flexibility index (Phi) is 6.81. The summed E-state index contributed by atoms with van der Waals surface area (Å²) in [5.41, 5.74) is 2.58. The molecule has 1 aromatic heterocycles. The summed E-state index contributed by atoms with van der Waals surface area (Å²) in [7, 11) is 1.62. The number of amides is 1. The average molecular weight is 434 g/mol. The number of hydrogen-bond donors (Lipinski definition) is 3. The zero-order valence-corrected chi connectivity index (χ0v) is 18.4. The first-order valence-electron chi connectivity index (χ1n) is 9.04. The highest BCUT2D eigenvalue weighted by molar-refractivity contribution is 9.10. The molecule has 1 aromatic carbocycles. The van der Waals surface area contributed by atoms with Crippen LogP contribution in [-0.2, 0) is 6.42 Å². The number of carbonyl (C=O) groups excluding carboxylic acids is 1. The van der Waals surface area contributed by atoms with E-state index < -0.39 is 0 Å². The van der Waals surface area contributed by atoms with Crippen LogP contribution in [0.4, 0.5) is 17.3 Å². The van der Waals surface area contributed by atoms with Gasteiger partial charge in [0.05, 0.1) is 0 Å². The lowest BCUT2D eigenvalue weighted by molar-refractivity contribution is 0.0963. The zero-order valence-electron chi connectivity index (χ0n) is 16.8. The molecule has 0 radical (unpaired) electrons. The third kappa shape index (κ3) is 5.66. The Balaban J connectivity index is 2.39. The van der Waals surface area contributed by atoms with Gasteiger partial charge in [-0.3, -0.25) is 4.79 Å². The van der Waals surface area contributed by atoms with Crippen molar-refractivity contribution in [3.63, 3.8) is 0 Å². The van der Waals surface area contributed by atoms with Crippen LogP contribution in [0.5, 0.6) is 0 Å². The molecule has 7 heteroatoms. The minimum atomic E-state index is -0.124. The second-order valence-corrected chi connectivity index (χ2v) is 8.45. The van der Waals surface area contributed by atoms with Crippen molar-refractivity contribution in [3.05, 3.63) is 39.6 Å². The number of aromatic nitrogens is 2. The van der Waals surface area contributed by atoms with E-state index in [1.54, 1.807) is 7.05 Å². The Morgan fingerprint density at radius 2 is 1.85 bits per heavy atom. The molecule has 3 N–H and O–H groups in total. The van der Waals surface area contributed by atoms with Gasteiger partial charge in [0.25, 0.3) is 5.91 Å². The second kappa shape index (κ2) is 8.69. The van der Waals surface area contributed by atoms with Crippen LogP contribution in [0, 0.1) is 12.3 Å². The van der Waals surface area contributed by atoms with E-state index in [9.17, 15) is 4.79 Å². The van der Waals surface area contributed by atoms with E-state index in [0.29, 0.717) is 11.4 Å². The van der Waals surface area contributed by atoms with Crippen molar-refractivity contribution in [2.45, 2.75) is 41.0 Å². The fourth-order valence-corrected chi connectivity index (χ4v) is 2.79. The van der Waals surface area contributed by atoms with Crippen molar-refractivity contribution in [1.82, 2.24) is 15.3 Å². The van der Waals surface area contributed by atoms with Crippen molar-refractivity contribution in [2.75, 3.05) is 24.2 Å². The second-order valence-electron chi connectivity index (χ2n) is 7.65. The van der Waals surface area contributed by atoms with Crippen molar-refractivity contribution in [2.24, 2.45) is 5.41 Å². The van der Waals surface area contributed by atoms with Gasteiger partial charge in [-0.05, 0) is 46.0 Å². The number of nitrogens with zero attached hydrogens (tertiary/aromatic N) is 2. The molecule has 6 nitrogen and oxygen atoms in total. The standard InChI is InChI=1S/C20H28BrN5O/c1-7-15-25-17(23-11-20(3,4)5)16(21)18(26-15)24-14-10-13(19(27)22-6)9-8-12(14)2/h8-10H,7,11H2,1-6H3,(H,22,27)(H2,23,24,25,26). The quantitative estimate of drug-likeness (QED) is 0.616. The van der Waals surface area contributed by atoms with Gasteiger partial charge in [0.2, 0.25) is 0 Å². The van der Waals surface area contributed by atoms with Gasteiger partial charge >= 0.3 is 0 Å². The Morgan fingerprint density at radius 3 is 2.44 bits per heavy atom. The molecule has 0 saturated carbocycles. The van der Waals surface area contributed by atoms with Crippen molar-refractivity contribution < 1.29 is 4.79 Å². The maximum absolute atomic E-state index is 11.9. The van der Waals surface area contributed by atoms with Crippen molar-refractivity contribution in [1.29, 1.82) is 0 Å². The third-order valence-corrected chi connectivity index (χ3v) is 4.73. The summed E-state index contributed by atoms with van der Waals surface area (Å²) >= 11 is 3.63. The topological polar surface area (TPSA) is 78.9 Å². The van der Waals surface area contributed by atoms with E-state index in [4.69, 9.17) is 0 Å². The van der Waals surface area contributed by atoms with Gasteiger partial charge in [-0.2, -0.15) is 0 Å². The highest BCUT2D eigenvalue weighted by Crippen LogP contribution is 2.32. The van der Waals surface area contributed by atoms with Gasteiger partial charge in [-0.25, -0.2) is 9.97 Å². The largest absolute Gasteiger partial charge is 0.368 e. The van der Waals surface area contributed by atoms with Gasteiger partial charge in [0.15, 0.2) is 5.82 Å². The van der Waals surface area contributed by atoms with Crippen molar-refractivity contribution in [3.8, 4) is 0 Å². The van der Waals surface area contributed by atoms with Crippen LogP contribution >= 0.6 is 15.9 Å². The molecule has 0 bridgehead atoms. The van der Waals surface area contributed by atoms with E-state index in [1.807, 2.05) is 32.0 Å². The normalized spacial score (nSPS) is 11.2. The Morgan fingerprint density at radius 1 is 1.19 bits per heavy atom. The lowest BCUT2D eigenvalue weighted by Crippen LogP contribution is -2.20. The Bertz CT molecular complexity index is 830. The summed E-state index contributed by atoms with van der Waals surface area (Å²) in [6.45, 7) is 11.3. The first-order chi connectivity index (χ1) is 12.6. The summed E-state index contributed by atoms with van der Waals surface area (Å²) in [5, 5.41) is 9.41.